The van der Waals surface area contributed by atoms with Crippen molar-refractivity contribution in [2.75, 3.05) is 18.5 Å². The van der Waals surface area contributed by atoms with Crippen molar-refractivity contribution in [2.45, 2.75) is 38.4 Å². The van der Waals surface area contributed by atoms with Crippen LogP contribution in [0.1, 0.15) is 36.5 Å². The van der Waals surface area contributed by atoms with Gasteiger partial charge in [0.2, 0.25) is 0 Å². The minimum Gasteiger partial charge on any atom is -0.481 e. The maximum absolute atomic E-state index is 12.8. The summed E-state index contributed by atoms with van der Waals surface area (Å²) in [7, 11) is 0. The number of para-hydroxylation sites is 1. The Morgan fingerprint density at radius 1 is 1.24 bits per heavy atom. The van der Waals surface area contributed by atoms with Crippen LogP contribution in [0.5, 0.6) is 5.75 Å². The van der Waals surface area contributed by atoms with E-state index in [-0.39, 0.29) is 17.9 Å². The number of benzene rings is 2. The molecule has 0 spiro atoms. The number of carbonyl (C=O) groups excluding carboxylic acids is 2. The van der Waals surface area contributed by atoms with E-state index >= 15 is 0 Å². The first-order valence-electron chi connectivity index (χ1n) is 9.78. The number of nitrogens with one attached hydrogen (secondary N) is 2. The van der Waals surface area contributed by atoms with E-state index in [0.29, 0.717) is 35.0 Å². The van der Waals surface area contributed by atoms with Crippen LogP contribution in [0, 0.1) is 0 Å². The Balaban J connectivity index is 1.65. The molecule has 7 heteroatoms. The first-order valence-corrected chi connectivity index (χ1v) is 10.2. The summed E-state index contributed by atoms with van der Waals surface area (Å²) in [6, 6.07) is 13.8. The third kappa shape index (κ3) is 5.95. The molecule has 1 fully saturated rings. The van der Waals surface area contributed by atoms with Crippen molar-refractivity contribution < 1.29 is 19.1 Å². The van der Waals surface area contributed by atoms with Gasteiger partial charge in [0.05, 0.1) is 17.4 Å². The lowest BCUT2D eigenvalue weighted by molar-refractivity contribution is -0.122. The highest BCUT2D eigenvalue weighted by molar-refractivity contribution is 6.30. The number of ether oxygens (including phenoxy) is 2. The van der Waals surface area contributed by atoms with Crippen molar-refractivity contribution in [3.8, 4) is 5.75 Å². The average Bonchev–Trinajstić information content (AvgIpc) is 3.24. The maximum Gasteiger partial charge on any atom is 0.265 e. The fraction of sp³-hybridized carbons (Fsp3) is 0.364. The van der Waals surface area contributed by atoms with Crippen LogP contribution in [-0.2, 0) is 9.53 Å². The van der Waals surface area contributed by atoms with Crippen LogP contribution in [0.4, 0.5) is 5.69 Å². The van der Waals surface area contributed by atoms with E-state index in [0.717, 1.165) is 19.4 Å². The monoisotopic (exact) mass is 416 g/mol. The van der Waals surface area contributed by atoms with Crippen LogP contribution in [0.15, 0.2) is 48.5 Å². The SMILES string of the molecule is CC[C@@H](Oc1cccc(Cl)c1)C(=O)Nc1ccccc1C(=O)NC[C@H]1CCCO1. The summed E-state index contributed by atoms with van der Waals surface area (Å²) in [4.78, 5) is 25.4. The zero-order valence-electron chi connectivity index (χ0n) is 16.3. The largest absolute Gasteiger partial charge is 0.481 e. The van der Waals surface area contributed by atoms with Crippen molar-refractivity contribution in [3.63, 3.8) is 0 Å². The van der Waals surface area contributed by atoms with Crippen molar-refractivity contribution in [3.05, 3.63) is 59.1 Å². The fourth-order valence-corrected chi connectivity index (χ4v) is 3.32. The number of carbonyl (C=O) groups is 2. The topological polar surface area (TPSA) is 76.7 Å². The van der Waals surface area contributed by atoms with Gasteiger partial charge in [-0.2, -0.15) is 0 Å². The van der Waals surface area contributed by atoms with Crippen molar-refractivity contribution in [1.82, 2.24) is 5.32 Å². The van der Waals surface area contributed by atoms with Crippen molar-refractivity contribution in [2.24, 2.45) is 0 Å². The van der Waals surface area contributed by atoms with Crippen LogP contribution in [0.2, 0.25) is 5.02 Å². The minimum atomic E-state index is -0.712. The second kappa shape index (κ2) is 10.3. The van der Waals surface area contributed by atoms with Gasteiger partial charge in [-0.25, -0.2) is 0 Å². The normalized spacial score (nSPS) is 16.8. The predicted octanol–water partition coefficient (Wildman–Crippen LogP) is 4.04. The number of hydrogen-bond acceptors (Lipinski definition) is 4. The molecule has 0 aliphatic carbocycles. The lowest BCUT2D eigenvalue weighted by Crippen LogP contribution is -2.35. The molecule has 2 N–H and O–H groups in total. The molecule has 2 aromatic rings. The molecular formula is C22H25ClN2O4. The van der Waals surface area contributed by atoms with Crippen LogP contribution in [0.3, 0.4) is 0 Å². The van der Waals surface area contributed by atoms with E-state index in [1.807, 2.05) is 6.92 Å². The van der Waals surface area contributed by atoms with Gasteiger partial charge in [-0.1, -0.05) is 36.7 Å². The second-order valence-corrected chi connectivity index (χ2v) is 7.29. The molecule has 0 bridgehead atoms. The molecule has 2 atom stereocenters. The molecule has 1 saturated heterocycles. The molecule has 6 nitrogen and oxygen atoms in total. The summed E-state index contributed by atoms with van der Waals surface area (Å²) in [6.45, 7) is 3.05. The van der Waals surface area contributed by atoms with Gasteiger partial charge in [-0.05, 0) is 49.6 Å². The Morgan fingerprint density at radius 3 is 2.79 bits per heavy atom. The molecular weight excluding hydrogens is 392 g/mol. The van der Waals surface area contributed by atoms with E-state index < -0.39 is 6.10 Å². The van der Waals surface area contributed by atoms with Crippen LogP contribution in [-0.4, -0.2) is 37.2 Å². The molecule has 154 valence electrons. The number of halogens is 1. The Kier molecular flexibility index (Phi) is 7.49. The number of rotatable bonds is 8. The predicted molar refractivity (Wildman–Crippen MR) is 113 cm³/mol. The molecule has 3 rings (SSSR count). The van der Waals surface area contributed by atoms with Gasteiger partial charge < -0.3 is 20.1 Å². The van der Waals surface area contributed by atoms with Crippen LogP contribution in [0.25, 0.3) is 0 Å². The number of hydrogen-bond donors (Lipinski definition) is 2. The highest BCUT2D eigenvalue weighted by Crippen LogP contribution is 2.21. The van der Waals surface area contributed by atoms with Gasteiger partial charge >= 0.3 is 0 Å². The van der Waals surface area contributed by atoms with Gasteiger partial charge in [0.25, 0.3) is 11.8 Å². The van der Waals surface area contributed by atoms with Crippen LogP contribution < -0.4 is 15.4 Å². The number of amides is 2. The van der Waals surface area contributed by atoms with Crippen molar-refractivity contribution >= 4 is 29.1 Å². The summed E-state index contributed by atoms with van der Waals surface area (Å²) in [5, 5.41) is 6.23. The minimum absolute atomic E-state index is 0.0521. The Labute approximate surface area is 175 Å². The first kappa shape index (κ1) is 21.1. The number of anilines is 1. The van der Waals surface area contributed by atoms with Gasteiger partial charge in [-0.15, -0.1) is 0 Å². The summed E-state index contributed by atoms with van der Waals surface area (Å²) in [5.41, 5.74) is 0.840. The third-order valence-electron chi connectivity index (χ3n) is 4.68. The molecule has 0 aromatic heterocycles. The van der Waals surface area contributed by atoms with E-state index in [9.17, 15) is 9.59 Å². The summed E-state index contributed by atoms with van der Waals surface area (Å²) in [5.74, 6) is -0.0610. The highest BCUT2D eigenvalue weighted by Gasteiger charge is 2.22. The maximum atomic E-state index is 12.8. The van der Waals surface area contributed by atoms with Gasteiger partial charge in [0.15, 0.2) is 6.10 Å². The van der Waals surface area contributed by atoms with E-state index in [4.69, 9.17) is 21.1 Å². The van der Waals surface area contributed by atoms with E-state index in [1.165, 1.54) is 0 Å². The van der Waals surface area contributed by atoms with Gasteiger partial charge in [-0.3, -0.25) is 9.59 Å². The summed E-state index contributed by atoms with van der Waals surface area (Å²) < 4.78 is 11.3. The third-order valence-corrected chi connectivity index (χ3v) is 4.92. The molecule has 1 aliphatic heterocycles. The molecule has 1 aliphatic rings. The first-order chi connectivity index (χ1) is 14.1. The second-order valence-electron chi connectivity index (χ2n) is 6.85. The smallest absolute Gasteiger partial charge is 0.265 e. The van der Waals surface area contributed by atoms with E-state index in [1.54, 1.807) is 48.5 Å². The van der Waals surface area contributed by atoms with Crippen molar-refractivity contribution in [1.29, 1.82) is 0 Å². The van der Waals surface area contributed by atoms with Crippen LogP contribution >= 0.6 is 11.6 Å². The lowest BCUT2D eigenvalue weighted by Gasteiger charge is -2.19. The molecule has 0 unspecified atom stereocenters. The Hall–Kier alpha value is -2.57. The molecule has 0 saturated carbocycles. The highest BCUT2D eigenvalue weighted by atomic mass is 35.5. The summed E-state index contributed by atoms with van der Waals surface area (Å²) in [6.07, 6.45) is 1.76. The van der Waals surface area contributed by atoms with Gasteiger partial charge in [0.1, 0.15) is 5.75 Å². The molecule has 1 heterocycles. The Morgan fingerprint density at radius 2 is 2.07 bits per heavy atom. The molecule has 2 aromatic carbocycles. The zero-order valence-corrected chi connectivity index (χ0v) is 17.1. The fourth-order valence-electron chi connectivity index (χ4n) is 3.14. The quantitative estimate of drug-likeness (QED) is 0.680. The molecule has 29 heavy (non-hydrogen) atoms. The van der Waals surface area contributed by atoms with E-state index in [2.05, 4.69) is 10.6 Å². The Bertz CT molecular complexity index is 852. The zero-order chi connectivity index (χ0) is 20.6. The molecule has 2 amide bonds. The lowest BCUT2D eigenvalue weighted by atomic mass is 10.1. The average molecular weight is 417 g/mol. The molecule has 0 radical (unpaired) electrons. The van der Waals surface area contributed by atoms with Gasteiger partial charge in [0, 0.05) is 18.2 Å². The standard InChI is InChI=1S/C22H25ClN2O4/c1-2-20(29-16-8-5-7-15(23)13-16)22(27)25-19-11-4-3-10-18(19)21(26)24-14-17-9-6-12-28-17/h3-5,7-8,10-11,13,17,20H,2,6,9,12,14H2,1H3,(H,24,26)(H,25,27)/t17-,20-/m1/s1. The summed E-state index contributed by atoms with van der Waals surface area (Å²) >= 11 is 5.98.